The Labute approximate surface area is 108 Å². The fourth-order valence-electron chi connectivity index (χ4n) is 1.76. The number of hydrogen-bond donors (Lipinski definition) is 2. The van der Waals surface area contributed by atoms with Gasteiger partial charge in [-0.3, -0.25) is 4.79 Å². The van der Waals surface area contributed by atoms with Gasteiger partial charge in [0.05, 0.1) is 12.1 Å². The Bertz CT molecular complexity index is 584. The van der Waals surface area contributed by atoms with Crippen LogP contribution < -0.4 is 14.8 Å². The standard InChI is InChI=1S/C11H11N5O3/c17-11(12-6-9-13-15-16-14-9)7-2-1-3-8-10(7)19-5-4-18-8/h1-3H,4-6H2,(H,12,17)(H,13,14,15,16). The van der Waals surface area contributed by atoms with Gasteiger partial charge in [0.2, 0.25) is 0 Å². The van der Waals surface area contributed by atoms with Gasteiger partial charge in [-0.1, -0.05) is 11.3 Å². The molecule has 0 spiro atoms. The highest BCUT2D eigenvalue weighted by atomic mass is 16.6. The lowest BCUT2D eigenvalue weighted by Crippen LogP contribution is -2.26. The molecule has 3 rings (SSSR count). The van der Waals surface area contributed by atoms with Gasteiger partial charge in [0.25, 0.3) is 5.91 Å². The van der Waals surface area contributed by atoms with Gasteiger partial charge in [0, 0.05) is 0 Å². The van der Waals surface area contributed by atoms with E-state index in [1.165, 1.54) is 0 Å². The predicted octanol–water partition coefficient (Wildman–Crippen LogP) is -0.0991. The van der Waals surface area contributed by atoms with Gasteiger partial charge in [-0.25, -0.2) is 0 Å². The third kappa shape index (κ3) is 2.32. The van der Waals surface area contributed by atoms with E-state index in [1.807, 2.05) is 0 Å². The van der Waals surface area contributed by atoms with E-state index in [1.54, 1.807) is 18.2 Å². The second-order valence-corrected chi connectivity index (χ2v) is 3.84. The van der Waals surface area contributed by atoms with Gasteiger partial charge >= 0.3 is 0 Å². The van der Waals surface area contributed by atoms with Crippen molar-refractivity contribution in [2.45, 2.75) is 6.54 Å². The highest BCUT2D eigenvalue weighted by molar-refractivity contribution is 5.97. The number of hydrogen-bond acceptors (Lipinski definition) is 6. The molecule has 0 bridgehead atoms. The third-order valence-corrected chi connectivity index (χ3v) is 2.61. The summed E-state index contributed by atoms with van der Waals surface area (Å²) in [5, 5.41) is 15.9. The summed E-state index contributed by atoms with van der Waals surface area (Å²) < 4.78 is 10.9. The zero-order chi connectivity index (χ0) is 13.1. The van der Waals surface area contributed by atoms with Crippen LogP contribution in [0.15, 0.2) is 18.2 Å². The molecule has 2 heterocycles. The normalized spacial score (nSPS) is 13.1. The molecule has 0 radical (unpaired) electrons. The Balaban J connectivity index is 1.76. The SMILES string of the molecule is O=C(NCc1nn[nH]n1)c1cccc2c1OCCO2. The zero-order valence-electron chi connectivity index (χ0n) is 9.92. The van der Waals surface area contributed by atoms with E-state index >= 15 is 0 Å². The molecule has 2 aromatic rings. The zero-order valence-corrected chi connectivity index (χ0v) is 9.92. The Hall–Kier alpha value is -2.64. The van der Waals surface area contributed by atoms with Crippen molar-refractivity contribution in [2.24, 2.45) is 0 Å². The molecule has 98 valence electrons. The lowest BCUT2D eigenvalue weighted by molar-refractivity contribution is 0.0939. The van der Waals surface area contributed by atoms with Crippen LogP contribution in [-0.4, -0.2) is 39.7 Å². The summed E-state index contributed by atoms with van der Waals surface area (Å²) in [5.74, 6) is 1.19. The number of nitrogens with zero attached hydrogens (tertiary/aromatic N) is 3. The molecule has 8 nitrogen and oxygen atoms in total. The maximum atomic E-state index is 12.1. The van der Waals surface area contributed by atoms with Gasteiger partial charge in [0.1, 0.15) is 13.2 Å². The van der Waals surface area contributed by atoms with Crippen LogP contribution in [0.5, 0.6) is 11.5 Å². The van der Waals surface area contributed by atoms with Gasteiger partial charge < -0.3 is 14.8 Å². The highest BCUT2D eigenvalue weighted by Crippen LogP contribution is 2.33. The number of para-hydroxylation sites is 1. The first-order valence-electron chi connectivity index (χ1n) is 5.74. The number of tetrazole rings is 1. The quantitative estimate of drug-likeness (QED) is 0.800. The van der Waals surface area contributed by atoms with Crippen molar-refractivity contribution in [1.29, 1.82) is 0 Å². The summed E-state index contributed by atoms with van der Waals surface area (Å²) in [6, 6.07) is 5.19. The molecular weight excluding hydrogens is 250 g/mol. The monoisotopic (exact) mass is 261 g/mol. The summed E-state index contributed by atoms with van der Waals surface area (Å²) in [4.78, 5) is 12.1. The highest BCUT2D eigenvalue weighted by Gasteiger charge is 2.20. The fraction of sp³-hybridized carbons (Fsp3) is 0.273. The van der Waals surface area contributed by atoms with Crippen molar-refractivity contribution in [3.63, 3.8) is 0 Å². The van der Waals surface area contributed by atoms with Gasteiger partial charge in [-0.05, 0) is 12.1 Å². The van der Waals surface area contributed by atoms with Crippen LogP contribution in [0.25, 0.3) is 0 Å². The smallest absolute Gasteiger partial charge is 0.255 e. The first-order valence-corrected chi connectivity index (χ1v) is 5.74. The Morgan fingerprint density at radius 2 is 2.26 bits per heavy atom. The second kappa shape index (κ2) is 4.92. The van der Waals surface area contributed by atoms with E-state index in [-0.39, 0.29) is 12.5 Å². The van der Waals surface area contributed by atoms with E-state index in [0.717, 1.165) is 0 Å². The van der Waals surface area contributed by atoms with E-state index < -0.39 is 0 Å². The van der Waals surface area contributed by atoms with E-state index in [4.69, 9.17) is 9.47 Å². The van der Waals surface area contributed by atoms with Crippen LogP contribution in [0.4, 0.5) is 0 Å². The Kier molecular flexibility index (Phi) is 2.97. The van der Waals surface area contributed by atoms with Crippen LogP contribution in [-0.2, 0) is 6.54 Å². The Morgan fingerprint density at radius 3 is 3.11 bits per heavy atom. The van der Waals surface area contributed by atoms with Gasteiger partial charge in [-0.15, -0.1) is 10.2 Å². The predicted molar refractivity (Wildman–Crippen MR) is 62.8 cm³/mol. The summed E-state index contributed by atoms with van der Waals surface area (Å²) in [7, 11) is 0. The first kappa shape index (κ1) is 11.5. The number of carbonyl (C=O) groups is 1. The fourth-order valence-corrected chi connectivity index (χ4v) is 1.76. The van der Waals surface area contributed by atoms with E-state index in [2.05, 4.69) is 25.9 Å². The number of amides is 1. The summed E-state index contributed by atoms with van der Waals surface area (Å²) >= 11 is 0. The van der Waals surface area contributed by atoms with Crippen LogP contribution in [0.3, 0.4) is 0 Å². The number of carbonyl (C=O) groups excluding carboxylic acids is 1. The summed E-state index contributed by atoms with van der Waals surface area (Å²) in [6.45, 7) is 1.11. The molecule has 0 aliphatic carbocycles. The number of fused-ring (bicyclic) bond motifs is 1. The molecule has 1 aliphatic rings. The maximum absolute atomic E-state index is 12.1. The molecule has 0 atom stereocenters. The molecule has 19 heavy (non-hydrogen) atoms. The number of ether oxygens (including phenoxy) is 2. The topological polar surface area (TPSA) is 102 Å². The molecule has 8 heteroatoms. The molecular formula is C11H11N5O3. The second-order valence-electron chi connectivity index (χ2n) is 3.84. The van der Waals surface area contributed by atoms with Gasteiger partial charge in [-0.2, -0.15) is 5.21 Å². The third-order valence-electron chi connectivity index (χ3n) is 2.61. The summed E-state index contributed by atoms with van der Waals surface area (Å²) in [6.07, 6.45) is 0. The molecule has 0 unspecified atom stereocenters. The van der Waals surface area contributed by atoms with Crippen molar-refractivity contribution in [3.8, 4) is 11.5 Å². The van der Waals surface area contributed by atoms with Crippen molar-refractivity contribution >= 4 is 5.91 Å². The molecule has 2 N–H and O–H groups in total. The number of aromatic amines is 1. The molecule has 1 aromatic heterocycles. The van der Waals surface area contributed by atoms with Crippen LogP contribution in [0.2, 0.25) is 0 Å². The molecule has 1 aliphatic heterocycles. The number of nitrogens with one attached hydrogen (secondary N) is 2. The van der Waals surface area contributed by atoms with Gasteiger partial charge in [0.15, 0.2) is 17.3 Å². The lowest BCUT2D eigenvalue weighted by Gasteiger charge is -2.20. The Morgan fingerprint density at radius 1 is 1.37 bits per heavy atom. The molecule has 0 fully saturated rings. The molecule has 0 saturated carbocycles. The lowest BCUT2D eigenvalue weighted by atomic mass is 10.1. The summed E-state index contributed by atoms with van der Waals surface area (Å²) in [5.41, 5.74) is 0.431. The average Bonchev–Trinajstić information content (AvgIpc) is 2.97. The van der Waals surface area contributed by atoms with E-state index in [9.17, 15) is 4.79 Å². The maximum Gasteiger partial charge on any atom is 0.255 e. The molecule has 1 amide bonds. The largest absolute Gasteiger partial charge is 0.486 e. The van der Waals surface area contributed by atoms with Crippen LogP contribution in [0.1, 0.15) is 16.2 Å². The van der Waals surface area contributed by atoms with Crippen molar-refractivity contribution < 1.29 is 14.3 Å². The molecule has 1 aromatic carbocycles. The number of aromatic nitrogens is 4. The molecule has 0 saturated heterocycles. The minimum Gasteiger partial charge on any atom is -0.486 e. The van der Waals surface area contributed by atoms with Crippen LogP contribution in [0, 0.1) is 0 Å². The minimum atomic E-state index is -0.271. The number of rotatable bonds is 3. The first-order chi connectivity index (χ1) is 9.34. The van der Waals surface area contributed by atoms with Crippen molar-refractivity contribution in [3.05, 3.63) is 29.6 Å². The van der Waals surface area contributed by atoms with Crippen LogP contribution >= 0.6 is 0 Å². The van der Waals surface area contributed by atoms with E-state index in [0.29, 0.717) is 36.1 Å². The number of benzene rings is 1. The average molecular weight is 261 g/mol. The minimum absolute atomic E-state index is 0.194. The van der Waals surface area contributed by atoms with Crippen molar-refractivity contribution in [1.82, 2.24) is 25.9 Å². The number of H-pyrrole nitrogens is 1. The van der Waals surface area contributed by atoms with Crippen molar-refractivity contribution in [2.75, 3.05) is 13.2 Å².